The lowest BCUT2D eigenvalue weighted by atomic mass is 10.0. The number of benzene rings is 1. The van der Waals surface area contributed by atoms with Gasteiger partial charge in [-0.2, -0.15) is 0 Å². The van der Waals surface area contributed by atoms with Gasteiger partial charge in [-0.15, -0.1) is 0 Å². The highest BCUT2D eigenvalue weighted by molar-refractivity contribution is 5.94. The van der Waals surface area contributed by atoms with E-state index in [4.69, 9.17) is 9.47 Å². The Morgan fingerprint density at radius 1 is 0.828 bits per heavy atom. The highest BCUT2D eigenvalue weighted by Gasteiger charge is 2.17. The summed E-state index contributed by atoms with van der Waals surface area (Å²) in [5, 5.41) is 0. The number of unbranched alkanes of at least 4 members (excludes halogenated alkanes) is 2. The van der Waals surface area contributed by atoms with E-state index in [1.165, 1.54) is 0 Å². The Hall–Kier alpha value is -1.84. The molecule has 0 radical (unpaired) electrons. The number of aryl methyl sites for hydroxylation is 1. The molecule has 0 fully saturated rings. The molecule has 0 heterocycles. The van der Waals surface area contributed by atoms with E-state index in [1.54, 1.807) is 18.2 Å². The number of hydrogen-bond acceptors (Lipinski definition) is 4. The van der Waals surface area contributed by atoms with E-state index < -0.39 is 0 Å². The first-order valence-corrected chi connectivity index (χ1v) is 11.4. The van der Waals surface area contributed by atoms with Gasteiger partial charge in [0.25, 0.3) is 0 Å². The summed E-state index contributed by atoms with van der Waals surface area (Å²) in [5.41, 5.74) is 1.74. The quantitative estimate of drug-likeness (QED) is 0.322. The van der Waals surface area contributed by atoms with Crippen LogP contribution in [0.2, 0.25) is 0 Å². The standard InChI is InChI=1S/C25H40O4/c1-6-10-12-20(8-3)17-28-24(26)22-14-15-23(19(5)16-22)25(27)29-18-21(9-4)13-11-7-2/h14-16,20-21H,6-13,17-18H2,1-5H3. The lowest BCUT2D eigenvalue weighted by molar-refractivity contribution is 0.0413. The summed E-state index contributed by atoms with van der Waals surface area (Å²) in [5.74, 6) is 0.178. The Labute approximate surface area is 177 Å². The third kappa shape index (κ3) is 9.01. The smallest absolute Gasteiger partial charge is 0.338 e. The molecule has 2 unspecified atom stereocenters. The molecule has 0 aliphatic rings. The van der Waals surface area contributed by atoms with Crippen molar-refractivity contribution < 1.29 is 19.1 Å². The van der Waals surface area contributed by atoms with Crippen molar-refractivity contribution in [2.45, 2.75) is 86.0 Å². The van der Waals surface area contributed by atoms with Gasteiger partial charge in [-0.1, -0.05) is 66.2 Å². The molecule has 1 aromatic carbocycles. The minimum Gasteiger partial charge on any atom is -0.462 e. The molecular weight excluding hydrogens is 364 g/mol. The zero-order valence-corrected chi connectivity index (χ0v) is 19.1. The molecule has 1 aromatic rings. The molecule has 2 atom stereocenters. The van der Waals surface area contributed by atoms with Gasteiger partial charge in [-0.25, -0.2) is 9.59 Å². The second-order valence-electron chi connectivity index (χ2n) is 8.06. The van der Waals surface area contributed by atoms with Crippen molar-refractivity contribution in [3.05, 3.63) is 34.9 Å². The fourth-order valence-corrected chi connectivity index (χ4v) is 3.36. The summed E-state index contributed by atoms with van der Waals surface area (Å²) in [6.07, 6.45) is 8.80. The van der Waals surface area contributed by atoms with Gasteiger partial charge in [-0.05, 0) is 55.4 Å². The third-order valence-corrected chi connectivity index (χ3v) is 5.67. The van der Waals surface area contributed by atoms with Crippen LogP contribution >= 0.6 is 0 Å². The Balaban J connectivity index is 2.63. The fourth-order valence-electron chi connectivity index (χ4n) is 3.36. The third-order valence-electron chi connectivity index (χ3n) is 5.67. The van der Waals surface area contributed by atoms with Crippen LogP contribution in [0.15, 0.2) is 18.2 Å². The molecule has 0 aromatic heterocycles. The van der Waals surface area contributed by atoms with E-state index in [0.717, 1.165) is 56.9 Å². The van der Waals surface area contributed by atoms with E-state index in [0.29, 0.717) is 36.2 Å². The summed E-state index contributed by atoms with van der Waals surface area (Å²) >= 11 is 0. The first-order chi connectivity index (χ1) is 14.0. The molecule has 0 N–H and O–H groups in total. The first kappa shape index (κ1) is 25.2. The number of carbonyl (C=O) groups excluding carboxylic acids is 2. The zero-order chi connectivity index (χ0) is 21.6. The van der Waals surface area contributed by atoms with Crippen molar-refractivity contribution in [1.82, 2.24) is 0 Å². The second-order valence-corrected chi connectivity index (χ2v) is 8.06. The largest absolute Gasteiger partial charge is 0.462 e. The van der Waals surface area contributed by atoms with Crippen LogP contribution in [0.4, 0.5) is 0 Å². The van der Waals surface area contributed by atoms with Gasteiger partial charge in [0.2, 0.25) is 0 Å². The maximum Gasteiger partial charge on any atom is 0.338 e. The minimum atomic E-state index is -0.325. The Bertz CT molecular complexity index is 623. The molecular formula is C25H40O4. The highest BCUT2D eigenvalue weighted by atomic mass is 16.5. The lowest BCUT2D eigenvalue weighted by Gasteiger charge is -2.16. The van der Waals surface area contributed by atoms with Gasteiger partial charge >= 0.3 is 11.9 Å². The van der Waals surface area contributed by atoms with E-state index >= 15 is 0 Å². The van der Waals surface area contributed by atoms with Crippen LogP contribution in [0.5, 0.6) is 0 Å². The van der Waals surface area contributed by atoms with Crippen LogP contribution in [-0.2, 0) is 9.47 Å². The molecule has 164 valence electrons. The molecule has 0 saturated heterocycles. The summed E-state index contributed by atoms with van der Waals surface area (Å²) in [6.45, 7) is 11.3. The molecule has 1 rings (SSSR count). The van der Waals surface area contributed by atoms with Gasteiger partial charge in [0.1, 0.15) is 0 Å². The molecule has 0 spiro atoms. The number of rotatable bonds is 14. The molecule has 0 bridgehead atoms. The zero-order valence-electron chi connectivity index (χ0n) is 19.1. The first-order valence-electron chi connectivity index (χ1n) is 11.4. The average Bonchev–Trinajstić information content (AvgIpc) is 2.73. The van der Waals surface area contributed by atoms with Crippen molar-refractivity contribution in [2.24, 2.45) is 11.8 Å². The highest BCUT2D eigenvalue weighted by Crippen LogP contribution is 2.18. The van der Waals surface area contributed by atoms with Gasteiger partial charge in [0, 0.05) is 0 Å². The van der Waals surface area contributed by atoms with Crippen molar-refractivity contribution in [1.29, 1.82) is 0 Å². The lowest BCUT2D eigenvalue weighted by Crippen LogP contribution is -2.16. The molecule has 0 saturated carbocycles. The molecule has 4 heteroatoms. The van der Waals surface area contributed by atoms with E-state index in [-0.39, 0.29) is 11.9 Å². The monoisotopic (exact) mass is 404 g/mol. The topological polar surface area (TPSA) is 52.6 Å². The molecule has 0 aliphatic heterocycles. The summed E-state index contributed by atoms with van der Waals surface area (Å²) in [4.78, 5) is 24.8. The number of ether oxygens (including phenoxy) is 2. The van der Waals surface area contributed by atoms with Gasteiger partial charge in [-0.3, -0.25) is 0 Å². The maximum absolute atomic E-state index is 12.5. The van der Waals surface area contributed by atoms with Gasteiger partial charge in [0.15, 0.2) is 0 Å². The Morgan fingerprint density at radius 3 is 1.79 bits per heavy atom. The van der Waals surface area contributed by atoms with E-state index in [9.17, 15) is 9.59 Å². The van der Waals surface area contributed by atoms with Crippen LogP contribution in [0.1, 0.15) is 105 Å². The summed E-state index contributed by atoms with van der Waals surface area (Å²) < 4.78 is 11.0. The normalized spacial score (nSPS) is 13.0. The van der Waals surface area contributed by atoms with Crippen molar-refractivity contribution in [3.63, 3.8) is 0 Å². The predicted molar refractivity (Wildman–Crippen MR) is 118 cm³/mol. The molecule has 29 heavy (non-hydrogen) atoms. The van der Waals surface area contributed by atoms with Crippen LogP contribution in [0, 0.1) is 18.8 Å². The predicted octanol–water partition coefficient (Wildman–Crippen LogP) is 6.74. The molecule has 0 amide bonds. The van der Waals surface area contributed by atoms with E-state index in [2.05, 4.69) is 27.7 Å². The number of carbonyl (C=O) groups is 2. The number of esters is 2. The van der Waals surface area contributed by atoms with Gasteiger partial charge in [0.05, 0.1) is 24.3 Å². The Kier molecular flexibility index (Phi) is 12.3. The minimum absolute atomic E-state index is 0.317. The van der Waals surface area contributed by atoms with Crippen LogP contribution in [-0.4, -0.2) is 25.2 Å². The summed E-state index contributed by atoms with van der Waals surface area (Å²) in [7, 11) is 0. The van der Waals surface area contributed by atoms with Crippen molar-refractivity contribution in [3.8, 4) is 0 Å². The van der Waals surface area contributed by atoms with Crippen LogP contribution in [0.25, 0.3) is 0 Å². The maximum atomic E-state index is 12.5. The van der Waals surface area contributed by atoms with Gasteiger partial charge < -0.3 is 9.47 Å². The fraction of sp³-hybridized carbons (Fsp3) is 0.680. The molecule has 4 nitrogen and oxygen atoms in total. The van der Waals surface area contributed by atoms with Crippen LogP contribution < -0.4 is 0 Å². The Morgan fingerprint density at radius 2 is 1.34 bits per heavy atom. The number of hydrogen-bond donors (Lipinski definition) is 0. The second kappa shape index (κ2) is 14.2. The van der Waals surface area contributed by atoms with Crippen molar-refractivity contribution in [2.75, 3.05) is 13.2 Å². The van der Waals surface area contributed by atoms with Crippen LogP contribution in [0.3, 0.4) is 0 Å². The SMILES string of the molecule is CCCCC(CC)COC(=O)c1ccc(C(=O)OCC(CC)CCCC)c(C)c1. The van der Waals surface area contributed by atoms with E-state index in [1.807, 2.05) is 6.92 Å². The summed E-state index contributed by atoms with van der Waals surface area (Å²) in [6, 6.07) is 5.06. The average molecular weight is 405 g/mol. The van der Waals surface area contributed by atoms with Crippen molar-refractivity contribution >= 4 is 11.9 Å². The molecule has 0 aliphatic carbocycles.